The van der Waals surface area contributed by atoms with Crippen LogP contribution in [0.1, 0.15) is 15.9 Å². The highest BCUT2D eigenvalue weighted by Gasteiger charge is 2.12. The summed E-state index contributed by atoms with van der Waals surface area (Å²) < 4.78 is 5.88. The molecule has 0 saturated heterocycles. The second-order valence-corrected chi connectivity index (χ2v) is 6.41. The second-order valence-electron chi connectivity index (χ2n) is 5.49. The number of methoxy groups -OCH3 is 1. The van der Waals surface area contributed by atoms with Crippen LogP contribution in [0.5, 0.6) is 0 Å². The van der Waals surface area contributed by atoms with E-state index >= 15 is 0 Å². The minimum Gasteiger partial charge on any atom is -0.465 e. The molecular weight excluding hydrogens is 366 g/mol. The third-order valence-corrected chi connectivity index (χ3v) is 4.26. The number of aromatic nitrogens is 1. The van der Waals surface area contributed by atoms with Crippen LogP contribution in [0.4, 0.5) is 0 Å². The average molecular weight is 382 g/mol. The Hall–Kier alpha value is -2.46. The highest BCUT2D eigenvalue weighted by molar-refractivity contribution is 9.10. The van der Waals surface area contributed by atoms with Crippen LogP contribution in [0.15, 0.2) is 65.1 Å². The molecule has 3 aromatic rings. The number of rotatable bonds is 3. The first-order valence-corrected chi connectivity index (χ1v) is 8.29. The number of pyridine rings is 1. The highest BCUT2D eigenvalue weighted by Crippen LogP contribution is 2.26. The summed E-state index contributed by atoms with van der Waals surface area (Å²) in [6.07, 6.45) is 0. The Morgan fingerprint density at radius 3 is 1.92 bits per heavy atom. The quantitative estimate of drug-likeness (QED) is 0.579. The van der Waals surface area contributed by atoms with Gasteiger partial charge >= 0.3 is 5.97 Å². The predicted octanol–water partition coefficient (Wildman–Crippen LogP) is 5.27. The first-order chi connectivity index (χ1) is 11.6. The number of carbonyl (C=O) groups excluding carboxylic acids is 1. The summed E-state index contributed by atoms with van der Waals surface area (Å²) >= 11 is 3.43. The number of hydrogen-bond donors (Lipinski definition) is 0. The molecule has 0 saturated carbocycles. The minimum atomic E-state index is -0.371. The molecule has 0 aliphatic heterocycles. The van der Waals surface area contributed by atoms with Crippen LogP contribution < -0.4 is 0 Å². The molecule has 0 aliphatic rings. The zero-order valence-corrected chi connectivity index (χ0v) is 15.0. The van der Waals surface area contributed by atoms with Crippen molar-refractivity contribution in [3.63, 3.8) is 0 Å². The summed E-state index contributed by atoms with van der Waals surface area (Å²) in [5.74, 6) is -0.371. The number of carbonyl (C=O) groups is 1. The smallest absolute Gasteiger partial charge is 0.338 e. The maximum Gasteiger partial charge on any atom is 0.338 e. The molecule has 4 heteroatoms. The van der Waals surface area contributed by atoms with Gasteiger partial charge in [-0.1, -0.05) is 57.9 Å². The molecule has 24 heavy (non-hydrogen) atoms. The van der Waals surface area contributed by atoms with Crippen molar-refractivity contribution in [2.45, 2.75) is 6.92 Å². The van der Waals surface area contributed by atoms with Gasteiger partial charge in [-0.3, -0.25) is 0 Å². The van der Waals surface area contributed by atoms with E-state index in [-0.39, 0.29) is 5.97 Å². The van der Waals surface area contributed by atoms with Crippen molar-refractivity contribution in [3.05, 3.63) is 76.3 Å². The number of aryl methyl sites for hydroxylation is 1. The fraction of sp³-hybridized carbons (Fsp3) is 0.100. The molecule has 3 rings (SSSR count). The summed E-state index contributed by atoms with van der Waals surface area (Å²) in [5, 5.41) is 0. The normalized spacial score (nSPS) is 10.5. The van der Waals surface area contributed by atoms with Crippen molar-refractivity contribution in [3.8, 4) is 22.5 Å². The SMILES string of the molecule is COC(=O)c1cc(-c2ccc(C)cc2)nc(-c2ccc(Br)cc2)c1. The van der Waals surface area contributed by atoms with Gasteiger partial charge in [0.25, 0.3) is 0 Å². The standard InChI is InChI=1S/C20H16BrNO2/c1-13-3-5-14(6-4-13)18-11-16(20(23)24-2)12-19(22-18)15-7-9-17(21)10-8-15/h3-12H,1-2H3. The van der Waals surface area contributed by atoms with Crippen LogP contribution in [0.3, 0.4) is 0 Å². The van der Waals surface area contributed by atoms with Gasteiger partial charge in [0, 0.05) is 15.6 Å². The van der Waals surface area contributed by atoms with Crippen LogP contribution in [-0.2, 0) is 4.74 Å². The highest BCUT2D eigenvalue weighted by atomic mass is 79.9. The molecule has 0 radical (unpaired) electrons. The van der Waals surface area contributed by atoms with Gasteiger partial charge in [-0.05, 0) is 31.2 Å². The molecule has 2 aromatic carbocycles. The third-order valence-electron chi connectivity index (χ3n) is 3.73. The van der Waals surface area contributed by atoms with Crippen LogP contribution in [0, 0.1) is 6.92 Å². The fourth-order valence-electron chi connectivity index (χ4n) is 2.41. The molecule has 0 bridgehead atoms. The lowest BCUT2D eigenvalue weighted by molar-refractivity contribution is 0.0600. The number of benzene rings is 2. The zero-order valence-electron chi connectivity index (χ0n) is 13.4. The summed E-state index contributed by atoms with van der Waals surface area (Å²) in [4.78, 5) is 16.8. The van der Waals surface area contributed by atoms with Gasteiger partial charge in [-0.2, -0.15) is 0 Å². The Morgan fingerprint density at radius 2 is 1.42 bits per heavy atom. The molecule has 0 N–H and O–H groups in total. The molecule has 0 atom stereocenters. The van der Waals surface area contributed by atoms with Crippen LogP contribution in [0.2, 0.25) is 0 Å². The largest absolute Gasteiger partial charge is 0.465 e. The van der Waals surface area contributed by atoms with Crippen molar-refractivity contribution in [2.24, 2.45) is 0 Å². The molecule has 0 fully saturated rings. The first kappa shape index (κ1) is 16.4. The molecule has 0 aliphatic carbocycles. The molecule has 0 spiro atoms. The Morgan fingerprint density at radius 1 is 0.917 bits per heavy atom. The molecule has 0 amide bonds. The van der Waals surface area contributed by atoms with Crippen LogP contribution in [0.25, 0.3) is 22.5 Å². The van der Waals surface area contributed by atoms with E-state index in [0.717, 1.165) is 27.0 Å². The molecule has 0 unspecified atom stereocenters. The van der Waals surface area contributed by atoms with E-state index in [4.69, 9.17) is 9.72 Å². The van der Waals surface area contributed by atoms with Crippen LogP contribution in [-0.4, -0.2) is 18.1 Å². The molecular formula is C20H16BrNO2. The Balaban J connectivity index is 2.14. The van der Waals surface area contributed by atoms with Gasteiger partial charge in [-0.15, -0.1) is 0 Å². The minimum absolute atomic E-state index is 0.371. The molecule has 120 valence electrons. The maximum absolute atomic E-state index is 12.0. The summed E-state index contributed by atoms with van der Waals surface area (Å²) in [6.45, 7) is 2.04. The topological polar surface area (TPSA) is 39.2 Å². The van der Waals surface area contributed by atoms with E-state index in [1.807, 2.05) is 55.5 Å². The molecule has 1 aromatic heterocycles. The van der Waals surface area contributed by atoms with Crippen LogP contribution >= 0.6 is 15.9 Å². The van der Waals surface area contributed by atoms with E-state index in [2.05, 4.69) is 15.9 Å². The Labute approximate surface area is 149 Å². The lowest BCUT2D eigenvalue weighted by Gasteiger charge is -2.09. The van der Waals surface area contributed by atoms with Gasteiger partial charge < -0.3 is 4.74 Å². The van der Waals surface area contributed by atoms with E-state index < -0.39 is 0 Å². The van der Waals surface area contributed by atoms with Gasteiger partial charge in [0.2, 0.25) is 0 Å². The van der Waals surface area contributed by atoms with Crippen molar-refractivity contribution in [1.82, 2.24) is 4.98 Å². The van der Waals surface area contributed by atoms with E-state index in [9.17, 15) is 4.79 Å². The van der Waals surface area contributed by atoms with Crippen molar-refractivity contribution in [2.75, 3.05) is 7.11 Å². The van der Waals surface area contributed by atoms with Gasteiger partial charge in [0.05, 0.1) is 24.1 Å². The Kier molecular flexibility index (Phi) is 4.76. The van der Waals surface area contributed by atoms with Crippen molar-refractivity contribution >= 4 is 21.9 Å². The molecule has 3 nitrogen and oxygen atoms in total. The maximum atomic E-state index is 12.0. The number of hydrogen-bond acceptors (Lipinski definition) is 3. The first-order valence-electron chi connectivity index (χ1n) is 7.50. The van der Waals surface area contributed by atoms with Crippen molar-refractivity contribution in [1.29, 1.82) is 0 Å². The summed E-state index contributed by atoms with van der Waals surface area (Å²) in [6, 6.07) is 19.4. The lowest BCUT2D eigenvalue weighted by atomic mass is 10.0. The number of halogens is 1. The van der Waals surface area contributed by atoms with E-state index in [0.29, 0.717) is 5.56 Å². The fourth-order valence-corrected chi connectivity index (χ4v) is 2.67. The van der Waals surface area contributed by atoms with Gasteiger partial charge in [-0.25, -0.2) is 9.78 Å². The summed E-state index contributed by atoms with van der Waals surface area (Å²) in [7, 11) is 1.38. The molecule has 1 heterocycles. The van der Waals surface area contributed by atoms with Gasteiger partial charge in [0.1, 0.15) is 0 Å². The summed E-state index contributed by atoms with van der Waals surface area (Å²) in [5.41, 5.74) is 5.05. The second kappa shape index (κ2) is 6.97. The number of nitrogens with zero attached hydrogens (tertiary/aromatic N) is 1. The predicted molar refractivity (Wildman–Crippen MR) is 98.9 cm³/mol. The van der Waals surface area contributed by atoms with E-state index in [1.165, 1.54) is 12.7 Å². The van der Waals surface area contributed by atoms with Crippen molar-refractivity contribution < 1.29 is 9.53 Å². The number of esters is 1. The average Bonchev–Trinajstić information content (AvgIpc) is 2.62. The Bertz CT molecular complexity index is 807. The lowest BCUT2D eigenvalue weighted by Crippen LogP contribution is -2.03. The number of ether oxygens (including phenoxy) is 1. The van der Waals surface area contributed by atoms with Gasteiger partial charge in [0.15, 0.2) is 0 Å². The monoisotopic (exact) mass is 381 g/mol. The van der Waals surface area contributed by atoms with E-state index in [1.54, 1.807) is 12.1 Å². The zero-order chi connectivity index (χ0) is 17.1. The third kappa shape index (κ3) is 3.54.